The van der Waals surface area contributed by atoms with E-state index < -0.39 is 36.6 Å². The van der Waals surface area contributed by atoms with Gasteiger partial charge in [0.25, 0.3) is 0 Å². The Morgan fingerprint density at radius 3 is 1.22 bits per heavy atom. The lowest BCUT2D eigenvalue weighted by atomic mass is 9.67. The van der Waals surface area contributed by atoms with Gasteiger partial charge in [-0.3, -0.25) is 0 Å². The maximum atomic E-state index is 12.6. The second kappa shape index (κ2) is 4.21. The molecule has 0 aliphatic heterocycles. The van der Waals surface area contributed by atoms with E-state index in [9.17, 15) is 26.3 Å². The standard InChI is InChI=1S/C11H12BF6/c1-9(2,12)6-3-7(10(13,14)15)5-8(4-6)11(16,17)18/h3-5H,1-2,12H3/q-1. The summed E-state index contributed by atoms with van der Waals surface area (Å²) in [6.45, 7) is 3.34. The third kappa shape index (κ3) is 3.43. The van der Waals surface area contributed by atoms with Crippen molar-refractivity contribution < 1.29 is 26.3 Å². The summed E-state index contributed by atoms with van der Waals surface area (Å²) >= 11 is 0. The Labute approximate surface area is 101 Å². The van der Waals surface area contributed by atoms with Crippen LogP contribution in [0, 0.1) is 0 Å². The van der Waals surface area contributed by atoms with Crippen LogP contribution in [0.15, 0.2) is 18.2 Å². The van der Waals surface area contributed by atoms with E-state index in [1.54, 1.807) is 13.8 Å². The Bertz CT molecular complexity index is 359. The van der Waals surface area contributed by atoms with Gasteiger partial charge in [-0.1, -0.05) is 19.4 Å². The summed E-state index contributed by atoms with van der Waals surface area (Å²) < 4.78 is 75.5. The molecule has 1 aromatic rings. The molecule has 1 rings (SSSR count). The maximum Gasteiger partial charge on any atom is 0.416 e. The fourth-order valence-electron chi connectivity index (χ4n) is 1.24. The lowest BCUT2D eigenvalue weighted by Crippen LogP contribution is -2.20. The van der Waals surface area contributed by atoms with E-state index in [2.05, 4.69) is 0 Å². The summed E-state index contributed by atoms with van der Waals surface area (Å²) in [5, 5.41) is -0.540. The van der Waals surface area contributed by atoms with E-state index >= 15 is 0 Å². The van der Waals surface area contributed by atoms with E-state index in [1.165, 1.54) is 0 Å². The van der Waals surface area contributed by atoms with Crippen LogP contribution in [0.25, 0.3) is 0 Å². The molecule has 0 aromatic heterocycles. The van der Waals surface area contributed by atoms with Crippen LogP contribution in [0.1, 0.15) is 30.5 Å². The Morgan fingerprint density at radius 1 is 0.722 bits per heavy atom. The van der Waals surface area contributed by atoms with Crippen LogP contribution >= 0.6 is 0 Å². The van der Waals surface area contributed by atoms with Crippen LogP contribution in [-0.2, 0) is 17.7 Å². The molecule has 0 heterocycles. The predicted octanol–water partition coefficient (Wildman–Crippen LogP) is 3.32. The van der Waals surface area contributed by atoms with Crippen LogP contribution in [-0.4, -0.2) is 7.85 Å². The highest BCUT2D eigenvalue weighted by Gasteiger charge is 2.37. The van der Waals surface area contributed by atoms with Crippen molar-refractivity contribution in [1.82, 2.24) is 0 Å². The fourth-order valence-corrected chi connectivity index (χ4v) is 1.24. The summed E-state index contributed by atoms with van der Waals surface area (Å²) in [5.41, 5.74) is -2.36. The zero-order chi connectivity index (χ0) is 14.4. The van der Waals surface area contributed by atoms with Crippen LogP contribution in [0.2, 0.25) is 0 Å². The predicted molar refractivity (Wildman–Crippen MR) is 59.4 cm³/mol. The quantitative estimate of drug-likeness (QED) is 0.542. The van der Waals surface area contributed by atoms with Crippen LogP contribution < -0.4 is 0 Å². The zero-order valence-electron chi connectivity index (χ0n) is 9.00. The van der Waals surface area contributed by atoms with Crippen molar-refractivity contribution in [2.45, 2.75) is 31.5 Å². The SMILES string of the molecule is [BH3-]C(C)(C)c1cc(C(F)(F)F)cc(C(F)(F)F)c1. The highest BCUT2D eigenvalue weighted by molar-refractivity contribution is 6.15. The fraction of sp³-hybridized carbons (Fsp3) is 0.455. The first-order valence-electron chi connectivity index (χ1n) is 4.62. The van der Waals surface area contributed by atoms with Crippen molar-refractivity contribution in [2.24, 2.45) is 0 Å². The smallest absolute Gasteiger partial charge is 0.166 e. The molecule has 1 aromatic carbocycles. The minimum Gasteiger partial charge on any atom is -0.166 e. The van der Waals surface area contributed by atoms with Gasteiger partial charge in [0.2, 0.25) is 0 Å². The summed E-state index contributed by atoms with van der Waals surface area (Å²) in [7, 11) is -0.436. The Kier molecular flexibility index (Phi) is 3.49. The molecule has 0 aliphatic rings. The van der Waals surface area contributed by atoms with Gasteiger partial charge in [-0.15, -0.1) is 5.31 Å². The van der Waals surface area contributed by atoms with Gasteiger partial charge < -0.3 is 0 Å². The third-order valence-electron chi connectivity index (χ3n) is 2.17. The average Bonchev–Trinajstić information content (AvgIpc) is 2.13. The van der Waals surface area contributed by atoms with Gasteiger partial charge in [-0.05, 0) is 26.0 Å². The molecule has 0 fully saturated rings. The van der Waals surface area contributed by atoms with Crippen LogP contribution in [0.3, 0.4) is 0 Å². The van der Waals surface area contributed by atoms with Crippen LogP contribution in [0.4, 0.5) is 26.3 Å². The molecule has 0 spiro atoms. The van der Waals surface area contributed by atoms with Gasteiger partial charge in [-0.25, -0.2) is 0 Å². The molecule has 18 heavy (non-hydrogen) atoms. The molecule has 0 atom stereocenters. The van der Waals surface area contributed by atoms with E-state index in [4.69, 9.17) is 0 Å². The van der Waals surface area contributed by atoms with Crippen molar-refractivity contribution in [1.29, 1.82) is 0 Å². The number of benzene rings is 1. The monoisotopic (exact) mass is 269 g/mol. The second-order valence-electron chi connectivity index (χ2n) is 3.79. The molecule has 0 saturated carbocycles. The number of rotatable bonds is 1. The number of halogens is 6. The van der Waals surface area contributed by atoms with Crippen molar-refractivity contribution in [3.05, 3.63) is 34.9 Å². The summed E-state index contributed by atoms with van der Waals surface area (Å²) in [4.78, 5) is 0. The highest BCUT2D eigenvalue weighted by atomic mass is 19.4. The largest absolute Gasteiger partial charge is 0.416 e. The summed E-state index contributed by atoms with van der Waals surface area (Å²) in [6, 6.07) is 1.81. The van der Waals surface area contributed by atoms with Gasteiger partial charge >= 0.3 is 12.4 Å². The minimum absolute atomic E-state index is 0.115. The molecular weight excluding hydrogens is 257 g/mol. The van der Waals surface area contributed by atoms with E-state index in [0.717, 1.165) is 12.1 Å². The maximum absolute atomic E-state index is 12.6. The first kappa shape index (κ1) is 14.9. The van der Waals surface area contributed by atoms with Crippen molar-refractivity contribution in [3.63, 3.8) is 0 Å². The Hall–Kier alpha value is -1.14. The minimum atomic E-state index is -4.76. The normalized spacial score (nSPS) is 13.8. The van der Waals surface area contributed by atoms with Crippen molar-refractivity contribution in [3.8, 4) is 0 Å². The number of hydrogen-bond acceptors (Lipinski definition) is 0. The van der Waals surface area contributed by atoms with Gasteiger partial charge in [0.1, 0.15) is 0 Å². The van der Waals surface area contributed by atoms with Gasteiger partial charge in [-0.2, -0.15) is 26.3 Å². The van der Waals surface area contributed by atoms with Gasteiger partial charge in [0.05, 0.1) is 11.1 Å². The Morgan fingerprint density at radius 2 is 1.00 bits per heavy atom. The molecular formula is C11H12BF6-. The molecule has 0 N–H and O–H groups in total. The van der Waals surface area contributed by atoms with E-state index in [0.29, 0.717) is 0 Å². The summed E-state index contributed by atoms with van der Waals surface area (Å²) in [5.74, 6) is 0. The molecule has 0 bridgehead atoms. The Balaban J connectivity index is 3.49. The average molecular weight is 269 g/mol. The zero-order valence-corrected chi connectivity index (χ0v) is 9.00. The van der Waals surface area contributed by atoms with Crippen LogP contribution in [0.5, 0.6) is 0 Å². The third-order valence-corrected chi connectivity index (χ3v) is 2.17. The first-order chi connectivity index (χ1) is 7.82. The lowest BCUT2D eigenvalue weighted by Gasteiger charge is -2.27. The highest BCUT2D eigenvalue weighted by Crippen LogP contribution is 2.38. The molecule has 0 aliphatic carbocycles. The molecule has 0 unspecified atom stereocenters. The molecule has 7 heteroatoms. The molecule has 0 amide bonds. The lowest BCUT2D eigenvalue weighted by molar-refractivity contribution is -0.143. The first-order valence-corrected chi connectivity index (χ1v) is 4.62. The van der Waals surface area contributed by atoms with Crippen molar-refractivity contribution >= 4 is 7.85 Å². The van der Waals surface area contributed by atoms with Gasteiger partial charge in [0, 0.05) is 0 Å². The van der Waals surface area contributed by atoms with Crippen molar-refractivity contribution in [2.75, 3.05) is 0 Å². The summed E-state index contributed by atoms with van der Waals surface area (Å²) in [6.07, 6.45) is -9.53. The van der Waals surface area contributed by atoms with Gasteiger partial charge in [0.15, 0.2) is 0 Å². The molecule has 102 valence electrons. The molecule has 0 radical (unpaired) electrons. The van der Waals surface area contributed by atoms with E-state index in [-0.39, 0.29) is 11.6 Å². The molecule has 0 nitrogen and oxygen atoms in total. The van der Waals surface area contributed by atoms with E-state index in [1.807, 2.05) is 0 Å². The topological polar surface area (TPSA) is 0 Å². The molecule has 0 saturated heterocycles. The number of hydrogen-bond donors (Lipinski definition) is 0. The second-order valence-corrected chi connectivity index (χ2v) is 3.79. The number of alkyl halides is 6.